The number of hydrogen-bond acceptors (Lipinski definition) is 3. The molecule has 24 heavy (non-hydrogen) atoms. The first kappa shape index (κ1) is 15.9. The SMILES string of the molecule is Clc1ccccc1CN(c1ccc2sccc2c1)C1CCNCC1. The van der Waals surface area contributed by atoms with Crippen LogP contribution >= 0.6 is 22.9 Å². The molecule has 124 valence electrons. The second-order valence-electron chi connectivity index (χ2n) is 6.34. The van der Waals surface area contributed by atoms with Gasteiger partial charge in [0.2, 0.25) is 0 Å². The Bertz CT molecular complexity index is 823. The molecule has 0 atom stereocenters. The van der Waals surface area contributed by atoms with E-state index < -0.39 is 0 Å². The maximum atomic E-state index is 6.43. The maximum absolute atomic E-state index is 6.43. The van der Waals surface area contributed by atoms with Crippen molar-refractivity contribution in [3.05, 3.63) is 64.5 Å². The molecule has 1 fully saturated rings. The Hall–Kier alpha value is -1.55. The van der Waals surface area contributed by atoms with Crippen LogP contribution in [0.5, 0.6) is 0 Å². The minimum Gasteiger partial charge on any atom is -0.364 e. The molecule has 0 saturated carbocycles. The summed E-state index contributed by atoms with van der Waals surface area (Å²) in [6, 6.07) is 17.8. The fraction of sp³-hybridized carbons (Fsp3) is 0.300. The first-order valence-electron chi connectivity index (χ1n) is 8.49. The van der Waals surface area contributed by atoms with E-state index in [-0.39, 0.29) is 0 Å². The van der Waals surface area contributed by atoms with Crippen LogP contribution in [0.1, 0.15) is 18.4 Å². The van der Waals surface area contributed by atoms with Gasteiger partial charge in [0, 0.05) is 28.0 Å². The molecule has 2 aromatic carbocycles. The summed E-state index contributed by atoms with van der Waals surface area (Å²) in [5.74, 6) is 0. The van der Waals surface area contributed by atoms with Crippen LogP contribution < -0.4 is 10.2 Å². The highest BCUT2D eigenvalue weighted by Gasteiger charge is 2.22. The van der Waals surface area contributed by atoms with Crippen LogP contribution in [0.15, 0.2) is 53.9 Å². The topological polar surface area (TPSA) is 15.3 Å². The summed E-state index contributed by atoms with van der Waals surface area (Å²) in [6.45, 7) is 3.04. The highest BCUT2D eigenvalue weighted by atomic mass is 35.5. The average molecular weight is 357 g/mol. The molecule has 2 heterocycles. The van der Waals surface area contributed by atoms with E-state index in [1.54, 1.807) is 11.3 Å². The van der Waals surface area contributed by atoms with Gasteiger partial charge in [-0.1, -0.05) is 29.8 Å². The molecule has 0 radical (unpaired) electrons. The number of anilines is 1. The third kappa shape index (κ3) is 3.30. The summed E-state index contributed by atoms with van der Waals surface area (Å²) in [4.78, 5) is 2.54. The zero-order chi connectivity index (χ0) is 16.4. The average Bonchev–Trinajstić information content (AvgIpc) is 3.09. The van der Waals surface area contributed by atoms with Gasteiger partial charge in [0.15, 0.2) is 0 Å². The van der Waals surface area contributed by atoms with Crippen LogP contribution in [-0.2, 0) is 6.54 Å². The fourth-order valence-electron chi connectivity index (χ4n) is 3.49. The van der Waals surface area contributed by atoms with Crippen LogP contribution in [0, 0.1) is 0 Å². The third-order valence-corrected chi connectivity index (χ3v) is 6.08. The Morgan fingerprint density at radius 2 is 1.92 bits per heavy atom. The van der Waals surface area contributed by atoms with Gasteiger partial charge >= 0.3 is 0 Å². The molecule has 0 unspecified atom stereocenters. The van der Waals surface area contributed by atoms with E-state index in [9.17, 15) is 0 Å². The zero-order valence-electron chi connectivity index (χ0n) is 13.5. The molecule has 3 aromatic rings. The molecule has 1 aliphatic heterocycles. The van der Waals surface area contributed by atoms with Gasteiger partial charge in [-0.2, -0.15) is 0 Å². The van der Waals surface area contributed by atoms with Crippen molar-refractivity contribution in [2.75, 3.05) is 18.0 Å². The lowest BCUT2D eigenvalue weighted by atomic mass is 10.0. The van der Waals surface area contributed by atoms with Crippen molar-refractivity contribution >= 4 is 38.7 Å². The van der Waals surface area contributed by atoms with Crippen molar-refractivity contribution in [2.45, 2.75) is 25.4 Å². The molecule has 0 bridgehead atoms. The molecule has 0 spiro atoms. The van der Waals surface area contributed by atoms with E-state index in [1.807, 2.05) is 12.1 Å². The van der Waals surface area contributed by atoms with Gasteiger partial charge in [-0.3, -0.25) is 0 Å². The summed E-state index contributed by atoms with van der Waals surface area (Å²) in [5, 5.41) is 7.82. The lowest BCUT2D eigenvalue weighted by Gasteiger charge is -2.37. The molecule has 1 saturated heterocycles. The number of rotatable bonds is 4. The van der Waals surface area contributed by atoms with Crippen molar-refractivity contribution in [1.82, 2.24) is 5.32 Å². The third-order valence-electron chi connectivity index (χ3n) is 4.82. The minimum absolute atomic E-state index is 0.554. The molecule has 1 aromatic heterocycles. The number of piperidine rings is 1. The lowest BCUT2D eigenvalue weighted by Crippen LogP contribution is -2.43. The predicted octanol–water partition coefficient (Wildman–Crippen LogP) is 5.31. The highest BCUT2D eigenvalue weighted by Crippen LogP contribution is 2.31. The number of hydrogen-bond donors (Lipinski definition) is 1. The number of nitrogens with one attached hydrogen (secondary N) is 1. The first-order chi connectivity index (χ1) is 11.8. The summed E-state index contributed by atoms with van der Waals surface area (Å²) >= 11 is 8.24. The van der Waals surface area contributed by atoms with Gasteiger partial charge in [-0.15, -0.1) is 11.3 Å². The Morgan fingerprint density at radius 1 is 1.08 bits per heavy atom. The van der Waals surface area contributed by atoms with Crippen molar-refractivity contribution in [3.63, 3.8) is 0 Å². The van der Waals surface area contributed by atoms with Crippen LogP contribution in [0.2, 0.25) is 5.02 Å². The molecule has 1 aliphatic rings. The molecule has 0 amide bonds. The van der Waals surface area contributed by atoms with E-state index in [4.69, 9.17) is 11.6 Å². The Labute approximate surface area is 152 Å². The van der Waals surface area contributed by atoms with Gasteiger partial charge in [-0.05, 0) is 72.6 Å². The highest BCUT2D eigenvalue weighted by molar-refractivity contribution is 7.17. The molecule has 0 aliphatic carbocycles. The van der Waals surface area contributed by atoms with Gasteiger partial charge in [-0.25, -0.2) is 0 Å². The zero-order valence-corrected chi connectivity index (χ0v) is 15.1. The number of benzene rings is 2. The summed E-state index contributed by atoms with van der Waals surface area (Å²) in [6.07, 6.45) is 2.35. The van der Waals surface area contributed by atoms with E-state index in [2.05, 4.69) is 52.0 Å². The molecular formula is C20H21ClN2S. The van der Waals surface area contributed by atoms with Crippen LogP contribution in [-0.4, -0.2) is 19.1 Å². The number of nitrogens with zero attached hydrogens (tertiary/aromatic N) is 1. The molecular weight excluding hydrogens is 336 g/mol. The van der Waals surface area contributed by atoms with Crippen molar-refractivity contribution < 1.29 is 0 Å². The first-order valence-corrected chi connectivity index (χ1v) is 9.75. The van der Waals surface area contributed by atoms with Gasteiger partial charge in [0.1, 0.15) is 0 Å². The Morgan fingerprint density at radius 3 is 2.75 bits per heavy atom. The van der Waals surface area contributed by atoms with Crippen molar-refractivity contribution in [1.29, 1.82) is 0 Å². The number of halogens is 1. The van der Waals surface area contributed by atoms with E-state index >= 15 is 0 Å². The molecule has 4 rings (SSSR count). The van der Waals surface area contributed by atoms with Crippen molar-refractivity contribution in [2.24, 2.45) is 0 Å². The molecule has 4 heteroatoms. The Balaban J connectivity index is 1.70. The summed E-state index contributed by atoms with van der Waals surface area (Å²) < 4.78 is 1.35. The lowest BCUT2D eigenvalue weighted by molar-refractivity contribution is 0.428. The largest absolute Gasteiger partial charge is 0.364 e. The van der Waals surface area contributed by atoms with E-state index in [0.717, 1.165) is 24.7 Å². The normalized spacial score (nSPS) is 15.7. The monoisotopic (exact) mass is 356 g/mol. The smallest absolute Gasteiger partial charge is 0.0455 e. The van der Waals surface area contributed by atoms with Crippen LogP contribution in [0.3, 0.4) is 0 Å². The quantitative estimate of drug-likeness (QED) is 0.681. The second kappa shape index (κ2) is 7.14. The number of thiophene rings is 1. The second-order valence-corrected chi connectivity index (χ2v) is 7.70. The summed E-state index contributed by atoms with van der Waals surface area (Å²) in [5.41, 5.74) is 2.50. The van der Waals surface area contributed by atoms with E-state index in [1.165, 1.54) is 34.2 Å². The maximum Gasteiger partial charge on any atom is 0.0455 e. The fourth-order valence-corrected chi connectivity index (χ4v) is 4.46. The van der Waals surface area contributed by atoms with Gasteiger partial charge < -0.3 is 10.2 Å². The van der Waals surface area contributed by atoms with Gasteiger partial charge in [0.25, 0.3) is 0 Å². The minimum atomic E-state index is 0.554. The number of fused-ring (bicyclic) bond motifs is 1. The molecule has 1 N–H and O–H groups in total. The van der Waals surface area contributed by atoms with Crippen LogP contribution in [0.4, 0.5) is 5.69 Å². The van der Waals surface area contributed by atoms with Crippen molar-refractivity contribution in [3.8, 4) is 0 Å². The van der Waals surface area contributed by atoms with Crippen LogP contribution in [0.25, 0.3) is 10.1 Å². The molecule has 2 nitrogen and oxygen atoms in total. The Kier molecular flexibility index (Phi) is 4.74. The summed E-state index contributed by atoms with van der Waals surface area (Å²) in [7, 11) is 0. The standard InChI is InChI=1S/C20H21ClN2S/c21-19-4-2-1-3-16(19)14-23(17-7-10-22-11-8-17)18-5-6-20-15(13-18)9-12-24-20/h1-6,9,12-13,17,22H,7-8,10-11,14H2. The van der Waals surface area contributed by atoms with E-state index in [0.29, 0.717) is 6.04 Å². The van der Waals surface area contributed by atoms with Gasteiger partial charge in [0.05, 0.1) is 0 Å². The predicted molar refractivity (Wildman–Crippen MR) is 105 cm³/mol.